The van der Waals surface area contributed by atoms with Gasteiger partial charge in [-0.3, -0.25) is 9.59 Å². The van der Waals surface area contributed by atoms with Crippen LogP contribution in [0, 0.1) is 5.92 Å². The Bertz CT molecular complexity index is 750. The minimum atomic E-state index is -3.61. The Morgan fingerprint density at radius 1 is 1.15 bits per heavy atom. The van der Waals surface area contributed by atoms with E-state index in [9.17, 15) is 18.0 Å². The number of aliphatic carboxylic acids is 1. The molecule has 1 aromatic rings. The number of carboxylic acids is 1. The second kappa shape index (κ2) is 8.18. The van der Waals surface area contributed by atoms with Crippen molar-refractivity contribution in [2.45, 2.75) is 56.4 Å². The van der Waals surface area contributed by atoms with Gasteiger partial charge in [-0.2, -0.15) is 0 Å². The largest absolute Gasteiger partial charge is 0.481 e. The highest BCUT2D eigenvalue weighted by Crippen LogP contribution is 2.33. The molecule has 0 spiro atoms. The molecule has 1 aromatic carbocycles. The Kier molecular flexibility index (Phi) is 6.41. The van der Waals surface area contributed by atoms with E-state index >= 15 is 0 Å². The summed E-state index contributed by atoms with van der Waals surface area (Å²) in [4.78, 5) is 23.7. The lowest BCUT2D eigenvalue weighted by Gasteiger charge is -2.28. The minimum absolute atomic E-state index is 0.0933. The van der Waals surface area contributed by atoms with Crippen LogP contribution in [-0.2, 0) is 14.8 Å². The molecular weight excluding hydrogens is 356 g/mol. The Morgan fingerprint density at radius 3 is 2.23 bits per heavy atom. The summed E-state index contributed by atoms with van der Waals surface area (Å²) < 4.78 is 26.9. The van der Waals surface area contributed by atoms with Gasteiger partial charge in [-0.1, -0.05) is 26.7 Å². The average molecular weight is 382 g/mol. The summed E-state index contributed by atoms with van der Waals surface area (Å²) >= 11 is 0. The summed E-state index contributed by atoms with van der Waals surface area (Å²) in [7, 11) is -3.61. The molecule has 144 valence electrons. The number of carbonyl (C=O) groups excluding carboxylic acids is 1. The molecule has 8 heteroatoms. The van der Waals surface area contributed by atoms with E-state index < -0.39 is 21.5 Å². The third-order valence-electron chi connectivity index (χ3n) is 4.54. The zero-order chi connectivity index (χ0) is 19.4. The van der Waals surface area contributed by atoms with E-state index in [1.165, 1.54) is 24.3 Å². The first-order valence-electron chi connectivity index (χ1n) is 8.78. The van der Waals surface area contributed by atoms with Gasteiger partial charge in [0.25, 0.3) is 5.91 Å². The summed E-state index contributed by atoms with van der Waals surface area (Å²) in [5.41, 5.74) is -0.406. The molecule has 7 nitrogen and oxygen atoms in total. The molecule has 26 heavy (non-hydrogen) atoms. The number of benzene rings is 1. The molecule has 2 rings (SSSR count). The highest BCUT2D eigenvalue weighted by Gasteiger charge is 2.37. The summed E-state index contributed by atoms with van der Waals surface area (Å²) in [6.07, 6.45) is 2.93. The first-order valence-corrected chi connectivity index (χ1v) is 10.3. The van der Waals surface area contributed by atoms with Crippen LogP contribution in [0.1, 0.15) is 56.3 Å². The fourth-order valence-electron chi connectivity index (χ4n) is 3.15. The van der Waals surface area contributed by atoms with Crippen molar-refractivity contribution in [1.29, 1.82) is 0 Å². The van der Waals surface area contributed by atoms with E-state index in [-0.39, 0.29) is 23.1 Å². The minimum Gasteiger partial charge on any atom is -0.481 e. The molecule has 1 aliphatic carbocycles. The molecule has 0 aliphatic heterocycles. The van der Waals surface area contributed by atoms with Gasteiger partial charge in [-0.25, -0.2) is 13.1 Å². The Balaban J connectivity index is 2.10. The SMILES string of the molecule is CC(C)CNS(=O)(=O)c1ccc(C(=O)NC2(CC(=O)O)CCCC2)cc1. The van der Waals surface area contributed by atoms with Crippen molar-refractivity contribution < 1.29 is 23.1 Å². The van der Waals surface area contributed by atoms with Crippen molar-refractivity contribution in [2.75, 3.05) is 6.54 Å². The van der Waals surface area contributed by atoms with Crippen LogP contribution < -0.4 is 10.0 Å². The maximum absolute atomic E-state index is 12.5. The van der Waals surface area contributed by atoms with Crippen LogP contribution in [0.25, 0.3) is 0 Å². The molecule has 0 atom stereocenters. The van der Waals surface area contributed by atoms with E-state index in [2.05, 4.69) is 10.0 Å². The molecular formula is C18H26N2O5S. The second-order valence-electron chi connectivity index (χ2n) is 7.28. The first kappa shape index (κ1) is 20.4. The molecule has 1 aliphatic rings. The fraction of sp³-hybridized carbons (Fsp3) is 0.556. The van der Waals surface area contributed by atoms with Gasteiger partial charge in [-0.15, -0.1) is 0 Å². The van der Waals surface area contributed by atoms with Crippen molar-refractivity contribution in [3.63, 3.8) is 0 Å². The fourth-order valence-corrected chi connectivity index (χ4v) is 4.36. The van der Waals surface area contributed by atoms with E-state index in [1.807, 2.05) is 13.8 Å². The van der Waals surface area contributed by atoms with Crippen molar-refractivity contribution in [1.82, 2.24) is 10.0 Å². The number of amides is 1. The molecule has 0 radical (unpaired) electrons. The van der Waals surface area contributed by atoms with Crippen LogP contribution in [0.2, 0.25) is 0 Å². The number of hydrogen-bond acceptors (Lipinski definition) is 4. The second-order valence-corrected chi connectivity index (χ2v) is 9.05. The highest BCUT2D eigenvalue weighted by atomic mass is 32.2. The Morgan fingerprint density at radius 2 is 1.73 bits per heavy atom. The van der Waals surface area contributed by atoms with Crippen LogP contribution in [0.4, 0.5) is 0 Å². The number of sulfonamides is 1. The molecule has 1 amide bonds. The number of rotatable bonds is 8. The molecule has 0 saturated heterocycles. The van der Waals surface area contributed by atoms with Crippen molar-refractivity contribution >= 4 is 21.9 Å². The number of carboxylic acid groups (broad SMARTS) is 1. The van der Waals surface area contributed by atoms with Crippen LogP contribution in [-0.4, -0.2) is 37.5 Å². The molecule has 3 N–H and O–H groups in total. The molecule has 0 unspecified atom stereocenters. The Hall–Kier alpha value is -1.93. The van der Waals surface area contributed by atoms with Crippen LogP contribution in [0.3, 0.4) is 0 Å². The van der Waals surface area contributed by atoms with Crippen LogP contribution in [0.15, 0.2) is 29.2 Å². The predicted molar refractivity (Wildman–Crippen MR) is 97.4 cm³/mol. The average Bonchev–Trinajstić information content (AvgIpc) is 3.00. The molecule has 1 fully saturated rings. The number of carbonyl (C=O) groups is 2. The molecule has 0 aromatic heterocycles. The van der Waals surface area contributed by atoms with Crippen LogP contribution >= 0.6 is 0 Å². The normalized spacial score (nSPS) is 16.6. The zero-order valence-corrected chi connectivity index (χ0v) is 15.9. The van der Waals surface area contributed by atoms with E-state index in [4.69, 9.17) is 5.11 Å². The monoisotopic (exact) mass is 382 g/mol. The van der Waals surface area contributed by atoms with Crippen molar-refractivity contribution in [3.8, 4) is 0 Å². The van der Waals surface area contributed by atoms with Gasteiger partial charge in [0.05, 0.1) is 16.9 Å². The van der Waals surface area contributed by atoms with Crippen LogP contribution in [0.5, 0.6) is 0 Å². The predicted octanol–water partition coefficient (Wildman–Crippen LogP) is 2.14. The summed E-state index contributed by atoms with van der Waals surface area (Å²) in [6, 6.07) is 5.66. The lowest BCUT2D eigenvalue weighted by Crippen LogP contribution is -2.47. The van der Waals surface area contributed by atoms with Crippen molar-refractivity contribution in [2.24, 2.45) is 5.92 Å². The molecule has 0 bridgehead atoms. The van der Waals surface area contributed by atoms with E-state index in [0.717, 1.165) is 12.8 Å². The molecule has 1 saturated carbocycles. The third kappa shape index (κ3) is 5.28. The van der Waals surface area contributed by atoms with E-state index in [0.29, 0.717) is 24.9 Å². The lowest BCUT2D eigenvalue weighted by atomic mass is 9.92. The van der Waals surface area contributed by atoms with Gasteiger partial charge >= 0.3 is 5.97 Å². The highest BCUT2D eigenvalue weighted by molar-refractivity contribution is 7.89. The Labute approximate surface area is 154 Å². The number of hydrogen-bond donors (Lipinski definition) is 3. The zero-order valence-electron chi connectivity index (χ0n) is 15.1. The number of nitrogens with one attached hydrogen (secondary N) is 2. The van der Waals surface area contributed by atoms with Gasteiger partial charge < -0.3 is 10.4 Å². The summed E-state index contributed by atoms with van der Waals surface area (Å²) in [6.45, 7) is 4.15. The lowest BCUT2D eigenvalue weighted by molar-refractivity contribution is -0.138. The first-order chi connectivity index (χ1) is 12.1. The summed E-state index contributed by atoms with van der Waals surface area (Å²) in [5.74, 6) is -1.14. The van der Waals surface area contributed by atoms with Gasteiger partial charge in [-0.05, 0) is 43.0 Å². The smallest absolute Gasteiger partial charge is 0.305 e. The van der Waals surface area contributed by atoms with E-state index in [1.54, 1.807) is 0 Å². The van der Waals surface area contributed by atoms with Gasteiger partial charge in [0, 0.05) is 12.1 Å². The third-order valence-corrected chi connectivity index (χ3v) is 5.98. The molecule has 0 heterocycles. The topological polar surface area (TPSA) is 113 Å². The van der Waals surface area contributed by atoms with Crippen molar-refractivity contribution in [3.05, 3.63) is 29.8 Å². The standard InChI is InChI=1S/C18H26N2O5S/c1-13(2)12-19-26(24,25)15-7-5-14(6-8-15)17(23)20-18(11-16(21)22)9-3-4-10-18/h5-8,13,19H,3-4,9-12H2,1-2H3,(H,20,23)(H,21,22). The quantitative estimate of drug-likeness (QED) is 0.638. The summed E-state index contributed by atoms with van der Waals surface area (Å²) in [5, 5.41) is 12.0. The maximum Gasteiger partial charge on any atom is 0.305 e. The maximum atomic E-state index is 12.5. The van der Waals surface area contributed by atoms with Gasteiger partial charge in [0.1, 0.15) is 0 Å². The van der Waals surface area contributed by atoms with Gasteiger partial charge in [0.2, 0.25) is 10.0 Å². The van der Waals surface area contributed by atoms with Gasteiger partial charge in [0.15, 0.2) is 0 Å².